The molecule has 0 amide bonds. The van der Waals surface area contributed by atoms with Gasteiger partial charge in [-0.25, -0.2) is 5.12 Å². The molecule has 1 aromatic carbocycles. The summed E-state index contributed by atoms with van der Waals surface area (Å²) in [5, 5.41) is 18.0. The van der Waals surface area contributed by atoms with Gasteiger partial charge in [0.15, 0.2) is 0 Å². The summed E-state index contributed by atoms with van der Waals surface area (Å²) in [5.74, 6) is 0.338. The van der Waals surface area contributed by atoms with Crippen molar-refractivity contribution in [2.75, 3.05) is 19.2 Å². The fourth-order valence-electron chi connectivity index (χ4n) is 3.59. The van der Waals surface area contributed by atoms with E-state index < -0.39 is 0 Å². The number of rotatable bonds is 1. The Balaban J connectivity index is 2.10. The summed E-state index contributed by atoms with van der Waals surface area (Å²) in [5.41, 5.74) is 2.77. The Hall–Kier alpha value is -1.49. The van der Waals surface area contributed by atoms with E-state index in [4.69, 9.17) is 11.6 Å². The van der Waals surface area contributed by atoms with Gasteiger partial charge >= 0.3 is 0 Å². The number of benzene rings is 1. The zero-order valence-corrected chi connectivity index (χ0v) is 16.0. The standard InChI is InChI=1S/C19H26ClN3O/c1-12-9-14(19(2,3)4)18(24)17(10-12)23-21(5)15-8-7-13(20)11-16(15)22(23)6/h7-11,15-16,24H,1-6H3. The van der Waals surface area contributed by atoms with Gasteiger partial charge in [0.1, 0.15) is 11.4 Å². The minimum Gasteiger partial charge on any atom is -0.505 e. The SMILES string of the molecule is Cc1cc(N2N(C)C3C=CC(Cl)=CC3N2C)c(O)c(C(C)(C)C)c1. The largest absolute Gasteiger partial charge is 0.505 e. The lowest BCUT2D eigenvalue weighted by molar-refractivity contribution is 0.242. The van der Waals surface area contributed by atoms with E-state index in [1.807, 2.05) is 31.4 Å². The fraction of sp³-hybridized carbons (Fsp3) is 0.474. The molecule has 0 aromatic heterocycles. The molecule has 1 heterocycles. The predicted molar refractivity (Wildman–Crippen MR) is 100 cm³/mol. The second kappa shape index (κ2) is 5.80. The number of hydrogen-bond acceptors (Lipinski definition) is 4. The molecular formula is C19H26ClN3O. The van der Waals surface area contributed by atoms with E-state index in [2.05, 4.69) is 55.9 Å². The summed E-state index contributed by atoms with van der Waals surface area (Å²) in [4.78, 5) is 0. The van der Waals surface area contributed by atoms with E-state index in [1.165, 1.54) is 0 Å². The number of nitrogens with zero attached hydrogens (tertiary/aromatic N) is 3. The monoisotopic (exact) mass is 347 g/mol. The summed E-state index contributed by atoms with van der Waals surface area (Å²) in [6.07, 6.45) is 6.11. The lowest BCUT2D eigenvalue weighted by Gasteiger charge is -2.34. The molecule has 1 fully saturated rings. The molecule has 4 nitrogen and oxygen atoms in total. The van der Waals surface area contributed by atoms with Crippen molar-refractivity contribution >= 4 is 17.3 Å². The molecule has 2 aliphatic rings. The Kier molecular flexibility index (Phi) is 4.19. The highest BCUT2D eigenvalue weighted by atomic mass is 35.5. The van der Waals surface area contributed by atoms with Gasteiger partial charge in [-0.1, -0.05) is 44.5 Å². The average Bonchev–Trinajstić information content (AvgIpc) is 2.71. The van der Waals surface area contributed by atoms with Gasteiger partial charge in [0.2, 0.25) is 0 Å². The van der Waals surface area contributed by atoms with Gasteiger partial charge in [-0.2, -0.15) is 10.0 Å². The third kappa shape index (κ3) is 2.73. The van der Waals surface area contributed by atoms with E-state index in [9.17, 15) is 5.11 Å². The van der Waals surface area contributed by atoms with Crippen molar-refractivity contribution in [1.29, 1.82) is 0 Å². The highest BCUT2D eigenvalue weighted by Gasteiger charge is 2.42. The number of phenolic OH excluding ortho intramolecular Hbond substituents is 1. The number of fused-ring (bicyclic) bond motifs is 1. The van der Waals surface area contributed by atoms with Crippen LogP contribution in [-0.2, 0) is 5.41 Å². The molecule has 0 bridgehead atoms. The lowest BCUT2D eigenvalue weighted by Crippen LogP contribution is -2.43. The lowest BCUT2D eigenvalue weighted by atomic mass is 9.85. The second-order valence-electron chi connectivity index (χ2n) is 7.76. The molecule has 130 valence electrons. The molecule has 1 N–H and O–H groups in total. The van der Waals surface area contributed by atoms with Gasteiger partial charge in [-0.15, -0.1) is 0 Å². The van der Waals surface area contributed by atoms with E-state index >= 15 is 0 Å². The first kappa shape index (κ1) is 17.3. The van der Waals surface area contributed by atoms with Gasteiger partial charge in [-0.3, -0.25) is 0 Å². The van der Waals surface area contributed by atoms with Crippen LogP contribution in [0.2, 0.25) is 0 Å². The summed E-state index contributed by atoms with van der Waals surface area (Å²) < 4.78 is 0. The van der Waals surface area contributed by atoms with Crippen molar-refractivity contribution in [3.05, 3.63) is 46.5 Å². The Morgan fingerprint density at radius 3 is 2.33 bits per heavy atom. The fourth-order valence-corrected chi connectivity index (χ4v) is 3.80. The number of hydrazine groups is 2. The number of likely N-dealkylation sites (N-methyl/N-ethyl adjacent to an activating group) is 2. The zero-order valence-electron chi connectivity index (χ0n) is 15.2. The van der Waals surface area contributed by atoms with Crippen LogP contribution in [0, 0.1) is 6.92 Å². The van der Waals surface area contributed by atoms with Crippen molar-refractivity contribution in [2.45, 2.75) is 45.2 Å². The Bertz CT molecular complexity index is 720. The third-order valence-corrected chi connectivity index (χ3v) is 5.10. The van der Waals surface area contributed by atoms with Crippen LogP contribution in [0.4, 0.5) is 5.69 Å². The number of halogens is 1. The number of aryl methyl sites for hydroxylation is 1. The number of anilines is 1. The molecule has 2 unspecified atom stereocenters. The molecule has 1 aromatic rings. The van der Waals surface area contributed by atoms with E-state index in [0.717, 1.165) is 21.8 Å². The van der Waals surface area contributed by atoms with Crippen molar-refractivity contribution in [3.63, 3.8) is 0 Å². The highest BCUT2D eigenvalue weighted by Crippen LogP contribution is 2.43. The van der Waals surface area contributed by atoms with Crippen molar-refractivity contribution < 1.29 is 5.11 Å². The molecule has 0 radical (unpaired) electrons. The average molecular weight is 348 g/mol. The van der Waals surface area contributed by atoms with Crippen LogP contribution in [0.15, 0.2) is 35.4 Å². The number of allylic oxidation sites excluding steroid dienone is 2. The van der Waals surface area contributed by atoms with Gasteiger partial charge in [0.25, 0.3) is 0 Å². The van der Waals surface area contributed by atoms with Crippen molar-refractivity contribution in [3.8, 4) is 5.75 Å². The number of phenols is 1. The summed E-state index contributed by atoms with van der Waals surface area (Å²) in [6, 6.07) is 4.43. The Morgan fingerprint density at radius 1 is 1.08 bits per heavy atom. The first-order chi connectivity index (χ1) is 11.1. The molecule has 3 rings (SSSR count). The van der Waals surface area contributed by atoms with Gasteiger partial charge in [0, 0.05) is 24.7 Å². The van der Waals surface area contributed by atoms with Crippen LogP contribution in [0.5, 0.6) is 5.75 Å². The van der Waals surface area contributed by atoms with Crippen LogP contribution in [0.25, 0.3) is 0 Å². The first-order valence-corrected chi connectivity index (χ1v) is 8.64. The summed E-state index contributed by atoms with van der Waals surface area (Å²) >= 11 is 6.19. The minimum atomic E-state index is -0.127. The van der Waals surface area contributed by atoms with Crippen molar-refractivity contribution in [2.24, 2.45) is 0 Å². The third-order valence-electron chi connectivity index (χ3n) is 4.85. The maximum absolute atomic E-state index is 11.0. The van der Waals surface area contributed by atoms with Gasteiger partial charge in [0.05, 0.1) is 12.1 Å². The number of aromatic hydroxyl groups is 1. The Labute approximate surface area is 149 Å². The highest BCUT2D eigenvalue weighted by molar-refractivity contribution is 6.31. The molecule has 1 aliphatic carbocycles. The van der Waals surface area contributed by atoms with E-state index in [-0.39, 0.29) is 17.5 Å². The maximum Gasteiger partial charge on any atom is 0.145 e. The molecule has 24 heavy (non-hydrogen) atoms. The summed E-state index contributed by atoms with van der Waals surface area (Å²) in [6.45, 7) is 8.42. The first-order valence-electron chi connectivity index (χ1n) is 8.26. The van der Waals surface area contributed by atoms with E-state index in [0.29, 0.717) is 5.75 Å². The topological polar surface area (TPSA) is 30.0 Å². The number of hydrogen-bond donors (Lipinski definition) is 1. The van der Waals surface area contributed by atoms with Crippen molar-refractivity contribution in [1.82, 2.24) is 10.0 Å². The molecule has 1 saturated heterocycles. The molecular weight excluding hydrogens is 322 g/mol. The zero-order chi connectivity index (χ0) is 17.8. The molecule has 0 spiro atoms. The smallest absolute Gasteiger partial charge is 0.145 e. The Morgan fingerprint density at radius 2 is 1.71 bits per heavy atom. The van der Waals surface area contributed by atoms with Gasteiger partial charge < -0.3 is 5.11 Å². The normalized spacial score (nSPS) is 25.1. The van der Waals surface area contributed by atoms with Gasteiger partial charge in [-0.05, 0) is 36.1 Å². The van der Waals surface area contributed by atoms with Crippen LogP contribution < -0.4 is 5.12 Å². The van der Waals surface area contributed by atoms with Crippen LogP contribution >= 0.6 is 11.6 Å². The van der Waals surface area contributed by atoms with Crippen LogP contribution in [0.1, 0.15) is 31.9 Å². The van der Waals surface area contributed by atoms with Crippen LogP contribution in [0.3, 0.4) is 0 Å². The molecule has 5 heteroatoms. The quantitative estimate of drug-likeness (QED) is 0.833. The molecule has 2 atom stereocenters. The minimum absolute atomic E-state index is 0.127. The second-order valence-corrected chi connectivity index (χ2v) is 8.20. The molecule has 1 aliphatic heterocycles. The predicted octanol–water partition coefficient (Wildman–Crippen LogP) is 3.94. The van der Waals surface area contributed by atoms with Crippen LogP contribution in [-0.4, -0.2) is 41.3 Å². The maximum atomic E-state index is 11.0. The van der Waals surface area contributed by atoms with E-state index in [1.54, 1.807) is 0 Å². The summed E-state index contributed by atoms with van der Waals surface area (Å²) in [7, 11) is 4.07. The molecule has 0 saturated carbocycles.